The summed E-state index contributed by atoms with van der Waals surface area (Å²) in [6.45, 7) is 8.00. The van der Waals surface area contributed by atoms with Gasteiger partial charge in [-0.15, -0.1) is 0 Å². The van der Waals surface area contributed by atoms with Gasteiger partial charge in [0, 0.05) is 0 Å². The molecule has 1 heterocycles. The molecule has 0 bridgehead atoms. The minimum absolute atomic E-state index is 0.978. The first kappa shape index (κ1) is 14.0. The van der Waals surface area contributed by atoms with Gasteiger partial charge in [0.2, 0.25) is 0 Å². The fourth-order valence-electron chi connectivity index (χ4n) is 1.03. The van der Waals surface area contributed by atoms with E-state index < -0.39 is 0 Å². The highest BCUT2D eigenvalue weighted by molar-refractivity contribution is 7.98. The molecule has 0 spiro atoms. The Hall–Kier alpha value is -0.960. The van der Waals surface area contributed by atoms with Crippen molar-refractivity contribution in [3.63, 3.8) is 0 Å². The Balaban J connectivity index is 0.000000442. The van der Waals surface area contributed by atoms with E-state index in [0.717, 1.165) is 16.2 Å². The molecule has 2 nitrogen and oxygen atoms in total. The van der Waals surface area contributed by atoms with Crippen LogP contribution in [0.2, 0.25) is 0 Å². The van der Waals surface area contributed by atoms with E-state index in [1.165, 1.54) is 0 Å². The van der Waals surface area contributed by atoms with Crippen LogP contribution in [-0.2, 0) is 0 Å². The molecule has 15 heavy (non-hydrogen) atoms. The lowest BCUT2D eigenvalue weighted by Crippen LogP contribution is -1.67. The molecule has 0 unspecified atom stereocenters. The van der Waals surface area contributed by atoms with Crippen LogP contribution in [0.25, 0.3) is 11.0 Å². The number of aromatic nitrogens is 2. The second-order valence-electron chi connectivity index (χ2n) is 2.26. The largest absolute Gasteiger partial charge is 0.333 e. The molecule has 0 aliphatic rings. The lowest BCUT2D eigenvalue weighted by atomic mass is 10.3. The summed E-state index contributed by atoms with van der Waals surface area (Å²) in [5.41, 5.74) is 2.15. The molecule has 84 valence electrons. The molecule has 0 saturated heterocycles. The average molecular weight is 224 g/mol. The summed E-state index contributed by atoms with van der Waals surface area (Å²) in [5, 5.41) is 0.978. The number of nitrogens with one attached hydrogen (secondary N) is 1. The molecule has 1 N–H and O–H groups in total. The van der Waals surface area contributed by atoms with Crippen LogP contribution in [0, 0.1) is 0 Å². The molecule has 1 aromatic heterocycles. The maximum absolute atomic E-state index is 4.34. The van der Waals surface area contributed by atoms with E-state index in [2.05, 4.69) is 9.97 Å². The third-order valence-corrected chi connectivity index (χ3v) is 2.14. The van der Waals surface area contributed by atoms with Crippen molar-refractivity contribution >= 4 is 22.8 Å². The van der Waals surface area contributed by atoms with Crippen molar-refractivity contribution < 1.29 is 0 Å². The summed E-state index contributed by atoms with van der Waals surface area (Å²) in [7, 11) is 0. The van der Waals surface area contributed by atoms with Crippen LogP contribution in [0.15, 0.2) is 29.4 Å². The fourth-order valence-corrected chi connectivity index (χ4v) is 1.43. The van der Waals surface area contributed by atoms with Gasteiger partial charge >= 0.3 is 0 Å². The number of nitrogens with zero attached hydrogens (tertiary/aromatic N) is 1. The number of hydrogen-bond acceptors (Lipinski definition) is 2. The van der Waals surface area contributed by atoms with Crippen molar-refractivity contribution in [1.82, 2.24) is 9.97 Å². The average Bonchev–Trinajstić information content (AvgIpc) is 2.77. The van der Waals surface area contributed by atoms with E-state index in [0.29, 0.717) is 0 Å². The zero-order chi connectivity index (χ0) is 11.7. The highest BCUT2D eigenvalue weighted by Crippen LogP contribution is 2.15. The molecule has 0 atom stereocenters. The monoisotopic (exact) mass is 224 g/mol. The number of thioether (sulfide) groups is 1. The smallest absolute Gasteiger partial charge is 0.166 e. The van der Waals surface area contributed by atoms with Crippen LogP contribution in [0.5, 0.6) is 0 Å². The molecular formula is C12H20N2S. The molecular weight excluding hydrogens is 204 g/mol. The number of benzene rings is 1. The van der Waals surface area contributed by atoms with E-state index in [-0.39, 0.29) is 0 Å². The summed E-state index contributed by atoms with van der Waals surface area (Å²) in [6.07, 6.45) is 2.01. The minimum Gasteiger partial charge on any atom is -0.333 e. The Morgan fingerprint density at radius 3 is 2.20 bits per heavy atom. The quantitative estimate of drug-likeness (QED) is 0.730. The highest BCUT2D eigenvalue weighted by atomic mass is 32.2. The van der Waals surface area contributed by atoms with E-state index in [9.17, 15) is 0 Å². The predicted molar refractivity (Wildman–Crippen MR) is 70.6 cm³/mol. The Labute approximate surface area is 96.5 Å². The first-order valence-electron chi connectivity index (χ1n) is 5.39. The summed E-state index contributed by atoms with van der Waals surface area (Å²) in [4.78, 5) is 7.54. The van der Waals surface area contributed by atoms with Crippen molar-refractivity contribution in [2.24, 2.45) is 0 Å². The number of para-hydroxylation sites is 2. The second-order valence-corrected chi connectivity index (χ2v) is 3.06. The van der Waals surface area contributed by atoms with E-state index in [4.69, 9.17) is 0 Å². The molecule has 1 aromatic carbocycles. The number of rotatable bonds is 1. The number of H-pyrrole nitrogens is 1. The first-order valence-corrected chi connectivity index (χ1v) is 6.61. The highest BCUT2D eigenvalue weighted by Gasteiger charge is 1.97. The van der Waals surface area contributed by atoms with Crippen LogP contribution in [0.4, 0.5) is 0 Å². The number of hydrogen-bond donors (Lipinski definition) is 1. The summed E-state index contributed by atoms with van der Waals surface area (Å²) in [6, 6.07) is 8.03. The van der Waals surface area contributed by atoms with Gasteiger partial charge in [0.05, 0.1) is 11.0 Å². The van der Waals surface area contributed by atoms with Crippen molar-refractivity contribution in [2.75, 3.05) is 6.26 Å². The van der Waals surface area contributed by atoms with Crippen molar-refractivity contribution in [2.45, 2.75) is 32.9 Å². The summed E-state index contributed by atoms with van der Waals surface area (Å²) >= 11 is 1.63. The van der Waals surface area contributed by atoms with Crippen LogP contribution < -0.4 is 0 Å². The fraction of sp³-hybridized carbons (Fsp3) is 0.417. The third-order valence-electron chi connectivity index (χ3n) is 1.56. The van der Waals surface area contributed by atoms with Crippen LogP contribution in [0.3, 0.4) is 0 Å². The van der Waals surface area contributed by atoms with Gasteiger partial charge in [-0.05, 0) is 18.4 Å². The first-order chi connectivity index (χ1) is 7.40. The lowest BCUT2D eigenvalue weighted by Gasteiger charge is -1.81. The van der Waals surface area contributed by atoms with Crippen LogP contribution in [-0.4, -0.2) is 16.2 Å². The zero-order valence-electron chi connectivity index (χ0n) is 10.2. The molecule has 0 fully saturated rings. The van der Waals surface area contributed by atoms with Gasteiger partial charge in [0.1, 0.15) is 0 Å². The SMILES string of the molecule is CC.CC.CSc1nc2ccccc2[nH]1. The normalized spacial score (nSPS) is 8.60. The molecule has 0 aliphatic heterocycles. The number of fused-ring (bicyclic) bond motifs is 1. The predicted octanol–water partition coefficient (Wildman–Crippen LogP) is 4.34. The van der Waals surface area contributed by atoms with Gasteiger partial charge in [0.15, 0.2) is 5.16 Å². The van der Waals surface area contributed by atoms with E-state index in [1.54, 1.807) is 11.8 Å². The van der Waals surface area contributed by atoms with Crippen molar-refractivity contribution in [1.29, 1.82) is 0 Å². The maximum Gasteiger partial charge on any atom is 0.166 e. The molecule has 0 saturated carbocycles. The second kappa shape index (κ2) is 8.36. The van der Waals surface area contributed by atoms with Gasteiger partial charge < -0.3 is 4.98 Å². The summed E-state index contributed by atoms with van der Waals surface area (Å²) in [5.74, 6) is 0. The van der Waals surface area contributed by atoms with Crippen LogP contribution in [0.1, 0.15) is 27.7 Å². The number of imidazole rings is 1. The Kier molecular flexibility index (Phi) is 7.82. The Morgan fingerprint density at radius 1 is 1.07 bits per heavy atom. The Bertz CT molecular complexity index is 335. The molecule has 0 radical (unpaired) electrons. The molecule has 2 rings (SSSR count). The molecule has 0 amide bonds. The van der Waals surface area contributed by atoms with Crippen molar-refractivity contribution in [3.8, 4) is 0 Å². The van der Waals surface area contributed by atoms with E-state index >= 15 is 0 Å². The van der Waals surface area contributed by atoms with Gasteiger partial charge in [-0.1, -0.05) is 51.6 Å². The van der Waals surface area contributed by atoms with Crippen LogP contribution >= 0.6 is 11.8 Å². The lowest BCUT2D eigenvalue weighted by molar-refractivity contribution is 1.09. The van der Waals surface area contributed by atoms with Gasteiger partial charge in [-0.25, -0.2) is 4.98 Å². The van der Waals surface area contributed by atoms with E-state index in [1.807, 2.05) is 58.2 Å². The molecule has 0 aliphatic carbocycles. The Morgan fingerprint density at radius 2 is 1.67 bits per heavy atom. The number of aromatic amines is 1. The van der Waals surface area contributed by atoms with Crippen molar-refractivity contribution in [3.05, 3.63) is 24.3 Å². The van der Waals surface area contributed by atoms with Gasteiger partial charge in [-0.3, -0.25) is 0 Å². The standard InChI is InChI=1S/C8H8N2S.2C2H6/c1-11-8-9-6-4-2-3-5-7(6)10-8;2*1-2/h2-5H,1H3,(H,9,10);2*1-2H3. The van der Waals surface area contributed by atoms with Gasteiger partial charge in [0.25, 0.3) is 0 Å². The third kappa shape index (κ3) is 3.96. The maximum atomic E-state index is 4.34. The molecule has 3 heteroatoms. The topological polar surface area (TPSA) is 28.7 Å². The summed E-state index contributed by atoms with van der Waals surface area (Å²) < 4.78 is 0. The molecule has 2 aromatic rings. The van der Waals surface area contributed by atoms with Gasteiger partial charge in [-0.2, -0.15) is 0 Å². The minimum atomic E-state index is 0.978. The zero-order valence-corrected chi connectivity index (χ0v) is 11.0.